The molecule has 0 atom stereocenters. The van der Waals surface area contributed by atoms with Gasteiger partial charge in [-0.3, -0.25) is 4.98 Å². The Balaban J connectivity index is 2.03. The first-order valence-corrected chi connectivity index (χ1v) is 8.42. The summed E-state index contributed by atoms with van der Waals surface area (Å²) in [6, 6.07) is 9.65. The predicted molar refractivity (Wildman–Crippen MR) is 92.7 cm³/mol. The van der Waals surface area contributed by atoms with Gasteiger partial charge in [-0.05, 0) is 52.7 Å². The Morgan fingerprint density at radius 3 is 2.71 bits per heavy atom. The highest BCUT2D eigenvalue weighted by Crippen LogP contribution is 2.31. The van der Waals surface area contributed by atoms with Crippen molar-refractivity contribution in [2.24, 2.45) is 5.92 Å². The summed E-state index contributed by atoms with van der Waals surface area (Å²) in [7, 11) is 0. The number of benzene rings is 1. The van der Waals surface area contributed by atoms with Gasteiger partial charge in [0.15, 0.2) is 0 Å². The fourth-order valence-electron chi connectivity index (χ4n) is 1.79. The van der Waals surface area contributed by atoms with Crippen LogP contribution in [0.3, 0.4) is 0 Å². The number of hydrogen-bond acceptors (Lipinski definition) is 3. The second kappa shape index (κ2) is 7.92. The van der Waals surface area contributed by atoms with E-state index in [4.69, 9.17) is 4.74 Å². The van der Waals surface area contributed by atoms with E-state index in [0.717, 1.165) is 39.2 Å². The van der Waals surface area contributed by atoms with Gasteiger partial charge in [0.2, 0.25) is 0 Å². The molecule has 112 valence electrons. The van der Waals surface area contributed by atoms with E-state index in [2.05, 4.69) is 56.0 Å². The largest absolute Gasteiger partial charge is 0.456 e. The van der Waals surface area contributed by atoms with Gasteiger partial charge in [-0.25, -0.2) is 0 Å². The third kappa shape index (κ3) is 5.41. The molecule has 5 heteroatoms. The molecule has 0 bridgehead atoms. The highest BCUT2D eigenvalue weighted by molar-refractivity contribution is 9.11. The Morgan fingerprint density at radius 1 is 1.19 bits per heavy atom. The Labute approximate surface area is 142 Å². The molecule has 0 aliphatic heterocycles. The SMILES string of the molecule is CC(C)CNCc1cc(Oc2ccc(Br)cc2Br)ccn1. The molecule has 2 rings (SSSR count). The number of aromatic nitrogens is 1. The smallest absolute Gasteiger partial charge is 0.141 e. The average molecular weight is 414 g/mol. The van der Waals surface area contributed by atoms with Crippen molar-refractivity contribution in [2.45, 2.75) is 20.4 Å². The lowest BCUT2D eigenvalue weighted by Gasteiger charge is -2.10. The van der Waals surface area contributed by atoms with Crippen LogP contribution in [0.2, 0.25) is 0 Å². The van der Waals surface area contributed by atoms with Crippen LogP contribution in [0.1, 0.15) is 19.5 Å². The lowest BCUT2D eigenvalue weighted by molar-refractivity contribution is 0.476. The number of halogens is 2. The zero-order chi connectivity index (χ0) is 15.2. The van der Waals surface area contributed by atoms with Crippen molar-refractivity contribution in [1.29, 1.82) is 0 Å². The van der Waals surface area contributed by atoms with Crippen LogP contribution in [0.5, 0.6) is 11.5 Å². The van der Waals surface area contributed by atoms with E-state index in [1.165, 1.54) is 0 Å². The first kappa shape index (κ1) is 16.5. The lowest BCUT2D eigenvalue weighted by Crippen LogP contribution is -2.19. The molecule has 1 aromatic heterocycles. The molecule has 3 nitrogen and oxygen atoms in total. The standard InChI is InChI=1S/C16H18Br2N2O/c1-11(2)9-19-10-13-8-14(5-6-20-13)21-16-4-3-12(17)7-15(16)18/h3-8,11,19H,9-10H2,1-2H3. The topological polar surface area (TPSA) is 34.1 Å². The van der Waals surface area contributed by atoms with Gasteiger partial charge in [0.25, 0.3) is 0 Å². The maximum absolute atomic E-state index is 5.90. The van der Waals surface area contributed by atoms with Gasteiger partial charge in [0.05, 0.1) is 10.2 Å². The second-order valence-corrected chi connectivity index (χ2v) is 6.95. The summed E-state index contributed by atoms with van der Waals surface area (Å²) < 4.78 is 7.82. The molecule has 1 aromatic carbocycles. The van der Waals surface area contributed by atoms with Crippen molar-refractivity contribution in [3.8, 4) is 11.5 Å². The maximum atomic E-state index is 5.90. The highest BCUT2D eigenvalue weighted by Gasteiger charge is 2.05. The molecule has 0 aliphatic rings. The van der Waals surface area contributed by atoms with Gasteiger partial charge in [-0.1, -0.05) is 29.8 Å². The lowest BCUT2D eigenvalue weighted by atomic mass is 10.2. The van der Waals surface area contributed by atoms with E-state index in [0.29, 0.717) is 5.92 Å². The third-order valence-corrected chi connectivity index (χ3v) is 3.88. The Kier molecular flexibility index (Phi) is 6.21. The van der Waals surface area contributed by atoms with Gasteiger partial charge >= 0.3 is 0 Å². The Bertz CT molecular complexity index is 603. The van der Waals surface area contributed by atoms with Crippen molar-refractivity contribution in [3.05, 3.63) is 51.2 Å². The normalized spacial score (nSPS) is 10.9. The Morgan fingerprint density at radius 2 is 2.00 bits per heavy atom. The molecule has 21 heavy (non-hydrogen) atoms. The number of pyridine rings is 1. The van der Waals surface area contributed by atoms with E-state index in [1.807, 2.05) is 30.3 Å². The first-order valence-electron chi connectivity index (χ1n) is 6.83. The van der Waals surface area contributed by atoms with Crippen molar-refractivity contribution >= 4 is 31.9 Å². The van der Waals surface area contributed by atoms with Gasteiger partial charge < -0.3 is 10.1 Å². The van der Waals surface area contributed by atoms with Crippen LogP contribution < -0.4 is 10.1 Å². The van der Waals surface area contributed by atoms with Crippen LogP contribution in [0.25, 0.3) is 0 Å². The third-order valence-electron chi connectivity index (χ3n) is 2.77. The average Bonchev–Trinajstić information content (AvgIpc) is 2.42. The summed E-state index contributed by atoms with van der Waals surface area (Å²) in [6.07, 6.45) is 1.77. The molecule has 1 N–H and O–H groups in total. The number of hydrogen-bond donors (Lipinski definition) is 1. The summed E-state index contributed by atoms with van der Waals surface area (Å²) in [6.45, 7) is 6.10. The van der Waals surface area contributed by atoms with Crippen LogP contribution >= 0.6 is 31.9 Å². The maximum Gasteiger partial charge on any atom is 0.141 e. The first-order chi connectivity index (χ1) is 10.0. The number of nitrogens with zero attached hydrogens (tertiary/aromatic N) is 1. The number of ether oxygens (including phenoxy) is 1. The predicted octanol–water partition coefficient (Wildman–Crippen LogP) is 5.14. The van der Waals surface area contributed by atoms with Crippen molar-refractivity contribution < 1.29 is 4.74 Å². The zero-order valence-corrected chi connectivity index (χ0v) is 15.2. The van der Waals surface area contributed by atoms with E-state index in [-0.39, 0.29) is 0 Å². The molecule has 0 fully saturated rings. The van der Waals surface area contributed by atoms with Gasteiger partial charge in [0.1, 0.15) is 11.5 Å². The van der Waals surface area contributed by atoms with E-state index < -0.39 is 0 Å². The quantitative estimate of drug-likeness (QED) is 0.711. The van der Waals surface area contributed by atoms with E-state index >= 15 is 0 Å². The second-order valence-electron chi connectivity index (χ2n) is 5.18. The van der Waals surface area contributed by atoms with Crippen LogP contribution in [0.15, 0.2) is 45.5 Å². The van der Waals surface area contributed by atoms with Crippen LogP contribution in [0, 0.1) is 5.92 Å². The molecule has 0 amide bonds. The minimum Gasteiger partial charge on any atom is -0.456 e. The molecular formula is C16H18Br2N2O. The van der Waals surface area contributed by atoms with E-state index in [9.17, 15) is 0 Å². The Hall–Kier alpha value is -0.910. The molecule has 0 saturated heterocycles. The van der Waals surface area contributed by atoms with Gasteiger partial charge in [-0.15, -0.1) is 0 Å². The fraction of sp³-hybridized carbons (Fsp3) is 0.312. The van der Waals surface area contributed by atoms with Crippen molar-refractivity contribution in [2.75, 3.05) is 6.54 Å². The summed E-state index contributed by atoms with van der Waals surface area (Å²) >= 11 is 6.93. The minimum atomic E-state index is 0.628. The van der Waals surface area contributed by atoms with Gasteiger partial charge in [-0.2, -0.15) is 0 Å². The zero-order valence-electron chi connectivity index (χ0n) is 12.1. The molecule has 0 radical (unpaired) electrons. The summed E-state index contributed by atoms with van der Waals surface area (Å²) in [5.41, 5.74) is 0.974. The molecule has 2 aromatic rings. The summed E-state index contributed by atoms with van der Waals surface area (Å²) in [5.74, 6) is 2.20. The molecular weight excluding hydrogens is 396 g/mol. The van der Waals surface area contributed by atoms with Crippen LogP contribution in [-0.2, 0) is 6.54 Å². The van der Waals surface area contributed by atoms with Crippen LogP contribution in [0.4, 0.5) is 0 Å². The molecule has 0 spiro atoms. The minimum absolute atomic E-state index is 0.628. The monoisotopic (exact) mass is 412 g/mol. The molecule has 0 aliphatic carbocycles. The van der Waals surface area contributed by atoms with Crippen molar-refractivity contribution in [3.63, 3.8) is 0 Å². The van der Waals surface area contributed by atoms with Gasteiger partial charge in [0, 0.05) is 23.3 Å². The fourth-order valence-corrected chi connectivity index (χ4v) is 2.92. The molecule has 0 unspecified atom stereocenters. The number of rotatable bonds is 6. The summed E-state index contributed by atoms with van der Waals surface area (Å²) in [5, 5.41) is 3.38. The highest BCUT2D eigenvalue weighted by atomic mass is 79.9. The van der Waals surface area contributed by atoms with Crippen LogP contribution in [-0.4, -0.2) is 11.5 Å². The molecule has 0 saturated carbocycles. The summed E-state index contributed by atoms with van der Waals surface area (Å²) in [4.78, 5) is 4.35. The van der Waals surface area contributed by atoms with E-state index in [1.54, 1.807) is 6.20 Å². The van der Waals surface area contributed by atoms with Crippen molar-refractivity contribution in [1.82, 2.24) is 10.3 Å². The molecule has 1 heterocycles. The number of nitrogens with one attached hydrogen (secondary N) is 1.